The molecule has 0 saturated heterocycles. The molecule has 9 heteroatoms. The van der Waals surface area contributed by atoms with Crippen LogP contribution < -0.4 is 10.1 Å². The van der Waals surface area contributed by atoms with Crippen LogP contribution >= 0.6 is 11.8 Å². The number of hydrogen-bond donors (Lipinski definition) is 1. The normalized spacial score (nSPS) is 12.5. The van der Waals surface area contributed by atoms with E-state index in [1.807, 2.05) is 0 Å². The third-order valence-electron chi connectivity index (χ3n) is 2.94. The van der Waals surface area contributed by atoms with Crippen molar-refractivity contribution in [3.63, 3.8) is 0 Å². The zero-order chi connectivity index (χ0) is 17.7. The summed E-state index contributed by atoms with van der Waals surface area (Å²) in [6.45, 7) is 1.55. The fourth-order valence-electron chi connectivity index (χ4n) is 1.75. The molecule has 0 aliphatic carbocycles. The first-order valence-electron chi connectivity index (χ1n) is 6.82. The highest BCUT2D eigenvalue weighted by atomic mass is 32.2. The lowest BCUT2D eigenvalue weighted by atomic mass is 10.3. The Kier molecular flexibility index (Phi) is 5.66. The fraction of sp³-hybridized carbons (Fsp3) is 0.267. The van der Waals surface area contributed by atoms with Crippen LogP contribution in [-0.4, -0.2) is 28.2 Å². The quantitative estimate of drug-likeness (QED) is 0.654. The zero-order valence-electron chi connectivity index (χ0n) is 12.8. The molecule has 0 aliphatic heterocycles. The summed E-state index contributed by atoms with van der Waals surface area (Å²) in [6, 6.07) is 7.61. The highest BCUT2D eigenvalue weighted by Gasteiger charge is 2.33. The molecule has 1 atom stereocenters. The molecule has 1 heterocycles. The number of amides is 1. The lowest BCUT2D eigenvalue weighted by Crippen LogP contribution is -2.23. The van der Waals surface area contributed by atoms with Gasteiger partial charge in [-0.1, -0.05) is 23.9 Å². The van der Waals surface area contributed by atoms with Gasteiger partial charge in [-0.2, -0.15) is 13.2 Å². The minimum absolute atomic E-state index is 0.118. The number of para-hydroxylation sites is 2. The highest BCUT2D eigenvalue weighted by Crippen LogP contribution is 2.30. The van der Waals surface area contributed by atoms with Crippen molar-refractivity contribution in [2.75, 3.05) is 12.4 Å². The summed E-state index contributed by atoms with van der Waals surface area (Å²) in [4.78, 5) is 19.4. The van der Waals surface area contributed by atoms with Crippen molar-refractivity contribution in [1.82, 2.24) is 9.97 Å². The lowest BCUT2D eigenvalue weighted by Gasteiger charge is -2.14. The van der Waals surface area contributed by atoms with E-state index in [1.165, 1.54) is 7.11 Å². The summed E-state index contributed by atoms with van der Waals surface area (Å²) < 4.78 is 43.1. The Morgan fingerprint density at radius 1 is 1.29 bits per heavy atom. The van der Waals surface area contributed by atoms with Crippen LogP contribution in [0.2, 0.25) is 0 Å². The van der Waals surface area contributed by atoms with Gasteiger partial charge >= 0.3 is 6.18 Å². The van der Waals surface area contributed by atoms with Crippen LogP contribution in [0.1, 0.15) is 12.6 Å². The largest absolute Gasteiger partial charge is 0.495 e. The van der Waals surface area contributed by atoms with Crippen molar-refractivity contribution in [3.05, 3.63) is 42.2 Å². The van der Waals surface area contributed by atoms with Crippen LogP contribution in [0.3, 0.4) is 0 Å². The van der Waals surface area contributed by atoms with Crippen LogP contribution in [0.4, 0.5) is 18.9 Å². The van der Waals surface area contributed by atoms with Gasteiger partial charge in [0.15, 0.2) is 5.16 Å². The molecule has 1 aromatic heterocycles. The van der Waals surface area contributed by atoms with E-state index in [-0.39, 0.29) is 5.16 Å². The molecule has 0 spiro atoms. The topological polar surface area (TPSA) is 64.1 Å². The van der Waals surface area contributed by atoms with Crippen LogP contribution in [0, 0.1) is 0 Å². The Morgan fingerprint density at radius 2 is 2.00 bits per heavy atom. The van der Waals surface area contributed by atoms with Crippen LogP contribution in [0.25, 0.3) is 0 Å². The van der Waals surface area contributed by atoms with E-state index in [0.717, 1.165) is 24.0 Å². The third kappa shape index (κ3) is 4.60. The van der Waals surface area contributed by atoms with E-state index in [1.54, 1.807) is 31.2 Å². The van der Waals surface area contributed by atoms with Crippen LogP contribution in [0.5, 0.6) is 5.75 Å². The van der Waals surface area contributed by atoms with Crippen LogP contribution in [-0.2, 0) is 11.0 Å². The molecule has 1 unspecified atom stereocenters. The number of anilines is 1. The maximum absolute atomic E-state index is 12.6. The van der Waals surface area contributed by atoms with Gasteiger partial charge < -0.3 is 10.1 Å². The molecule has 0 aliphatic rings. The zero-order valence-corrected chi connectivity index (χ0v) is 13.6. The molecule has 0 saturated carbocycles. The van der Waals surface area contributed by atoms with Gasteiger partial charge in [-0.25, -0.2) is 9.97 Å². The summed E-state index contributed by atoms with van der Waals surface area (Å²) in [5, 5.41) is 1.85. The molecular weight excluding hydrogens is 343 g/mol. The lowest BCUT2D eigenvalue weighted by molar-refractivity contribution is -0.141. The van der Waals surface area contributed by atoms with Crippen molar-refractivity contribution in [2.24, 2.45) is 0 Å². The smallest absolute Gasteiger partial charge is 0.433 e. The van der Waals surface area contributed by atoms with Gasteiger partial charge in [-0.3, -0.25) is 4.79 Å². The Labute approximate surface area is 140 Å². The maximum atomic E-state index is 12.6. The minimum atomic E-state index is -4.55. The molecule has 0 bridgehead atoms. The van der Waals surface area contributed by atoms with Gasteiger partial charge in [0, 0.05) is 6.20 Å². The number of nitrogens with one attached hydrogen (secondary N) is 1. The minimum Gasteiger partial charge on any atom is -0.495 e. The highest BCUT2D eigenvalue weighted by molar-refractivity contribution is 8.00. The second kappa shape index (κ2) is 7.52. The number of aromatic nitrogens is 2. The number of nitrogens with zero attached hydrogens (tertiary/aromatic N) is 2. The summed E-state index contributed by atoms with van der Waals surface area (Å²) in [5.41, 5.74) is -0.570. The van der Waals surface area contributed by atoms with Crippen molar-refractivity contribution in [3.8, 4) is 5.75 Å². The molecule has 5 nitrogen and oxygen atoms in total. The van der Waals surface area contributed by atoms with Crippen molar-refractivity contribution in [2.45, 2.75) is 23.5 Å². The van der Waals surface area contributed by atoms with Crippen molar-refractivity contribution < 1.29 is 22.7 Å². The summed E-state index contributed by atoms with van der Waals surface area (Å²) in [7, 11) is 1.47. The standard InChI is InChI=1S/C15H14F3N3O2S/c1-9(13(22)20-10-5-3-4-6-11(10)23-2)24-14-19-8-7-12(21-14)15(16,17)18/h3-9H,1-2H3,(H,20,22). The number of rotatable bonds is 5. The summed E-state index contributed by atoms with van der Waals surface area (Å²) >= 11 is 0.840. The van der Waals surface area contributed by atoms with E-state index in [9.17, 15) is 18.0 Å². The number of ether oxygens (including phenoxy) is 1. The van der Waals surface area contributed by atoms with Crippen LogP contribution in [0.15, 0.2) is 41.7 Å². The third-order valence-corrected chi connectivity index (χ3v) is 3.92. The van der Waals surface area contributed by atoms with E-state index in [0.29, 0.717) is 11.4 Å². The first kappa shape index (κ1) is 18.1. The Morgan fingerprint density at radius 3 is 2.67 bits per heavy atom. The van der Waals surface area contributed by atoms with E-state index < -0.39 is 23.0 Å². The molecule has 0 fully saturated rings. The Bertz CT molecular complexity index is 725. The van der Waals surface area contributed by atoms with Gasteiger partial charge in [0.1, 0.15) is 11.4 Å². The predicted octanol–water partition coefficient (Wildman–Crippen LogP) is 3.62. The molecule has 1 N–H and O–H groups in total. The van der Waals surface area contributed by atoms with E-state index in [2.05, 4.69) is 15.3 Å². The van der Waals surface area contributed by atoms with Gasteiger partial charge in [0.25, 0.3) is 0 Å². The summed E-state index contributed by atoms with van der Waals surface area (Å²) in [5.74, 6) is 0.0869. The number of thioether (sulfide) groups is 1. The first-order chi connectivity index (χ1) is 11.3. The number of halogens is 3. The van der Waals surface area contributed by atoms with Gasteiger partial charge in [0.2, 0.25) is 5.91 Å². The molecular formula is C15H14F3N3O2S. The Balaban J connectivity index is 2.07. The SMILES string of the molecule is COc1ccccc1NC(=O)C(C)Sc1nccc(C(F)(F)F)n1. The average molecular weight is 357 g/mol. The first-order valence-corrected chi connectivity index (χ1v) is 7.70. The molecule has 2 aromatic rings. The van der Waals surface area contributed by atoms with Crippen molar-refractivity contribution in [1.29, 1.82) is 0 Å². The number of hydrogen-bond acceptors (Lipinski definition) is 5. The summed E-state index contributed by atoms with van der Waals surface area (Å²) in [6.07, 6.45) is -3.54. The van der Waals surface area contributed by atoms with E-state index in [4.69, 9.17) is 4.74 Å². The molecule has 1 aromatic carbocycles. The van der Waals surface area contributed by atoms with Crippen molar-refractivity contribution >= 4 is 23.4 Å². The monoisotopic (exact) mass is 357 g/mol. The molecule has 0 radical (unpaired) electrons. The van der Waals surface area contributed by atoms with Gasteiger partial charge in [-0.05, 0) is 25.1 Å². The number of benzene rings is 1. The van der Waals surface area contributed by atoms with Gasteiger partial charge in [0.05, 0.1) is 18.0 Å². The molecule has 24 heavy (non-hydrogen) atoms. The average Bonchev–Trinajstić information content (AvgIpc) is 2.54. The van der Waals surface area contributed by atoms with Gasteiger partial charge in [-0.15, -0.1) is 0 Å². The molecule has 128 valence electrons. The second-order valence-corrected chi connectivity index (χ2v) is 5.98. The predicted molar refractivity (Wildman–Crippen MR) is 84.0 cm³/mol. The fourth-order valence-corrected chi connectivity index (χ4v) is 2.50. The Hall–Kier alpha value is -2.29. The second-order valence-electron chi connectivity index (χ2n) is 4.67. The number of carbonyl (C=O) groups excluding carboxylic acids is 1. The molecule has 2 rings (SSSR count). The molecule has 1 amide bonds. The van der Waals surface area contributed by atoms with E-state index >= 15 is 0 Å². The number of methoxy groups -OCH3 is 1. The maximum Gasteiger partial charge on any atom is 0.433 e. The number of carbonyl (C=O) groups is 1. The number of alkyl halides is 3.